The molecule has 0 amide bonds. The van der Waals surface area contributed by atoms with Crippen molar-refractivity contribution in [3.05, 3.63) is 381 Å². The van der Waals surface area contributed by atoms with E-state index in [2.05, 4.69) is 385 Å². The maximum absolute atomic E-state index is 6.27. The first kappa shape index (κ1) is 61.2. The zero-order valence-corrected chi connectivity index (χ0v) is 55.5. The Hall–Kier alpha value is -12.7. The lowest BCUT2D eigenvalue weighted by Gasteiger charge is -2.29. The maximum atomic E-state index is 6.27. The van der Waals surface area contributed by atoms with Gasteiger partial charge in [-0.05, 0) is 154 Å². The Balaban J connectivity index is 1.18. The summed E-state index contributed by atoms with van der Waals surface area (Å²) in [5.74, 6) is 1.63. The molecule has 0 bridgehead atoms. The van der Waals surface area contributed by atoms with Crippen molar-refractivity contribution in [1.82, 2.24) is 15.0 Å². The molecule has 0 aliphatic heterocycles. The molecule has 3 nitrogen and oxygen atoms in total. The van der Waals surface area contributed by atoms with E-state index in [0.29, 0.717) is 17.5 Å². The summed E-state index contributed by atoms with van der Waals surface area (Å²) in [7, 11) is 0. The molecule has 0 radical (unpaired) electrons. The molecule has 0 saturated heterocycles. The van der Waals surface area contributed by atoms with E-state index in [4.69, 9.17) is 15.0 Å². The Bertz CT molecular complexity index is 4960. The van der Waals surface area contributed by atoms with Gasteiger partial charge in [-0.25, -0.2) is 15.0 Å². The molecule has 3 heteroatoms. The minimum atomic E-state index is 0.543. The minimum Gasteiger partial charge on any atom is -0.208 e. The van der Waals surface area contributed by atoms with E-state index in [1.807, 2.05) is 0 Å². The number of hydrogen-bond donors (Lipinski definition) is 0. The van der Waals surface area contributed by atoms with Crippen LogP contribution in [0.4, 0.5) is 0 Å². The molecule has 16 aromatic rings. The molecule has 0 atom stereocenters. The summed E-state index contributed by atoms with van der Waals surface area (Å²) in [6, 6.07) is 131. The van der Waals surface area contributed by atoms with E-state index in [-0.39, 0.29) is 0 Å². The first-order valence-electron chi connectivity index (χ1n) is 34.0. The van der Waals surface area contributed by atoms with Gasteiger partial charge in [0.1, 0.15) is 0 Å². The molecule has 0 saturated carbocycles. The van der Waals surface area contributed by atoms with Crippen LogP contribution in [0.5, 0.6) is 0 Å². The van der Waals surface area contributed by atoms with Crippen LogP contribution in [-0.2, 0) is 0 Å². The SMILES string of the molecule is Cc1c(-c2ccccc2)c(-c2ccccc2)c(-c2ccccc2)c(-c2ccccc2)c1-c1nc(-c2c(C)c(-c3ccccc3)c(-c3ccccc3)c(-c3ccccc3)c2-c2ccccc2)nc(-c2c(C)c(-c3ccccc3)c(-c3ccccc3)c(-c3ccccc3)c2-c2ccccc2)n1. The molecule has 1 heterocycles. The van der Waals surface area contributed by atoms with Crippen LogP contribution in [0.1, 0.15) is 16.7 Å². The summed E-state index contributed by atoms with van der Waals surface area (Å²) in [6.45, 7) is 6.88. The highest BCUT2D eigenvalue weighted by molar-refractivity contribution is 6.13. The molecule has 16 rings (SSSR count). The molecule has 0 N–H and O–H groups in total. The van der Waals surface area contributed by atoms with Crippen molar-refractivity contribution in [2.45, 2.75) is 20.8 Å². The van der Waals surface area contributed by atoms with Crippen LogP contribution >= 0.6 is 0 Å². The van der Waals surface area contributed by atoms with E-state index < -0.39 is 0 Å². The maximum Gasteiger partial charge on any atom is 0.165 e. The summed E-state index contributed by atoms with van der Waals surface area (Å²) in [6.07, 6.45) is 0. The van der Waals surface area contributed by atoms with Crippen molar-refractivity contribution in [3.8, 4) is 168 Å². The van der Waals surface area contributed by atoms with E-state index in [9.17, 15) is 0 Å². The number of rotatable bonds is 15. The van der Waals surface area contributed by atoms with Crippen molar-refractivity contribution in [1.29, 1.82) is 0 Å². The second kappa shape index (κ2) is 27.2. The highest BCUT2D eigenvalue weighted by atomic mass is 15.0. The molecular formula is C96H69N3. The molecule has 15 aromatic carbocycles. The number of hydrogen-bond acceptors (Lipinski definition) is 3. The highest BCUT2D eigenvalue weighted by Gasteiger charge is 2.34. The van der Waals surface area contributed by atoms with Crippen molar-refractivity contribution < 1.29 is 0 Å². The monoisotopic (exact) mass is 1260 g/mol. The van der Waals surface area contributed by atoms with Gasteiger partial charge in [-0.1, -0.05) is 364 Å². The molecule has 0 spiro atoms. The number of nitrogens with zero attached hydrogens (tertiary/aromatic N) is 3. The predicted octanol–water partition coefficient (Wildman–Crippen LogP) is 25.8. The molecule has 468 valence electrons. The van der Waals surface area contributed by atoms with Gasteiger partial charge in [-0.3, -0.25) is 0 Å². The first-order valence-corrected chi connectivity index (χ1v) is 34.0. The van der Waals surface area contributed by atoms with Gasteiger partial charge in [0.15, 0.2) is 17.5 Å². The standard InChI is InChI=1S/C96H69N3/c1-64-79(67-40-16-4-17-41-67)85(70-46-22-7-23-47-70)91(76-58-34-13-35-59-76)88(73-52-28-10-29-53-73)82(64)94-97-95(83-65(2)80(68-42-18-5-19-43-68)86(71-48-24-8-25-49-71)92(77-60-36-14-37-61-77)89(83)74-54-30-11-31-55-74)99-96(98-94)84-66(3)81(69-44-20-6-21-45-69)87(72-50-26-9-27-51-72)93(78-62-38-15-39-63-78)90(84)75-56-32-12-33-57-75/h4-63H,1-3H3. The molecule has 1 aromatic heterocycles. The largest absolute Gasteiger partial charge is 0.208 e. The lowest BCUT2D eigenvalue weighted by Crippen LogP contribution is -2.09. The minimum absolute atomic E-state index is 0.543. The Morgan fingerprint density at radius 1 is 0.121 bits per heavy atom. The second-order valence-electron chi connectivity index (χ2n) is 25.2. The van der Waals surface area contributed by atoms with Gasteiger partial charge >= 0.3 is 0 Å². The first-order chi connectivity index (χ1) is 49.0. The highest BCUT2D eigenvalue weighted by Crippen LogP contribution is 2.57. The third kappa shape index (κ3) is 11.5. The molecule has 0 fully saturated rings. The normalized spacial score (nSPS) is 11.2. The van der Waals surface area contributed by atoms with Gasteiger partial charge in [0.05, 0.1) is 0 Å². The van der Waals surface area contributed by atoms with E-state index in [1.165, 1.54) is 0 Å². The Kier molecular flexibility index (Phi) is 16.8. The molecule has 0 aliphatic carbocycles. The van der Waals surface area contributed by atoms with Crippen molar-refractivity contribution in [2.24, 2.45) is 0 Å². The smallest absolute Gasteiger partial charge is 0.165 e. The third-order valence-corrected chi connectivity index (χ3v) is 19.3. The molecule has 99 heavy (non-hydrogen) atoms. The topological polar surface area (TPSA) is 38.7 Å². The Labute approximate surface area is 580 Å². The van der Waals surface area contributed by atoms with Crippen LogP contribution in [0.25, 0.3) is 168 Å². The molecule has 0 unspecified atom stereocenters. The Morgan fingerprint density at radius 2 is 0.222 bits per heavy atom. The van der Waals surface area contributed by atoms with E-state index in [1.54, 1.807) is 0 Å². The third-order valence-electron chi connectivity index (χ3n) is 19.3. The van der Waals surface area contributed by atoms with Crippen LogP contribution in [0.2, 0.25) is 0 Å². The summed E-state index contributed by atoms with van der Waals surface area (Å²) >= 11 is 0. The van der Waals surface area contributed by atoms with Crippen LogP contribution in [0.3, 0.4) is 0 Å². The van der Waals surface area contributed by atoms with Crippen LogP contribution in [0.15, 0.2) is 364 Å². The van der Waals surface area contributed by atoms with Crippen LogP contribution in [-0.4, -0.2) is 15.0 Å². The van der Waals surface area contributed by atoms with Crippen LogP contribution in [0, 0.1) is 20.8 Å². The van der Waals surface area contributed by atoms with Gasteiger partial charge < -0.3 is 0 Å². The summed E-state index contributed by atoms with van der Waals surface area (Å²) in [5, 5.41) is 0. The van der Waals surface area contributed by atoms with Crippen molar-refractivity contribution >= 4 is 0 Å². The fourth-order valence-corrected chi connectivity index (χ4v) is 15.1. The zero-order valence-electron chi connectivity index (χ0n) is 55.5. The predicted molar refractivity (Wildman–Crippen MR) is 416 cm³/mol. The van der Waals surface area contributed by atoms with Gasteiger partial charge in [0.25, 0.3) is 0 Å². The fraction of sp³-hybridized carbons (Fsp3) is 0.0312. The average Bonchev–Trinajstić information content (AvgIpc) is 0.730. The molecular weight excluding hydrogens is 1200 g/mol. The zero-order chi connectivity index (χ0) is 66.6. The molecule has 0 aliphatic rings. The van der Waals surface area contributed by atoms with Crippen molar-refractivity contribution in [2.75, 3.05) is 0 Å². The van der Waals surface area contributed by atoms with E-state index in [0.717, 1.165) is 167 Å². The number of aromatic nitrogens is 3. The lowest BCUT2D eigenvalue weighted by molar-refractivity contribution is 1.07. The lowest BCUT2D eigenvalue weighted by atomic mass is 9.76. The summed E-state index contributed by atoms with van der Waals surface area (Å²) in [5.41, 5.74) is 31.6. The number of benzene rings is 15. The van der Waals surface area contributed by atoms with Gasteiger partial charge in [0, 0.05) is 33.4 Å². The van der Waals surface area contributed by atoms with E-state index >= 15 is 0 Å². The van der Waals surface area contributed by atoms with Gasteiger partial charge in [-0.15, -0.1) is 0 Å². The second-order valence-corrected chi connectivity index (χ2v) is 25.2. The summed E-state index contributed by atoms with van der Waals surface area (Å²) < 4.78 is 0. The van der Waals surface area contributed by atoms with Crippen LogP contribution < -0.4 is 0 Å². The van der Waals surface area contributed by atoms with Crippen molar-refractivity contribution in [3.63, 3.8) is 0 Å². The fourth-order valence-electron chi connectivity index (χ4n) is 15.1. The summed E-state index contributed by atoms with van der Waals surface area (Å²) in [4.78, 5) is 18.8. The van der Waals surface area contributed by atoms with Gasteiger partial charge in [-0.2, -0.15) is 0 Å². The average molecular weight is 1260 g/mol. The quantitative estimate of drug-likeness (QED) is 0.103. The Morgan fingerprint density at radius 3 is 0.354 bits per heavy atom. The van der Waals surface area contributed by atoms with Gasteiger partial charge in [0.2, 0.25) is 0 Å².